The molecule has 2 heteroatoms. The van der Waals surface area contributed by atoms with Crippen molar-refractivity contribution < 1.29 is 4.42 Å². The third-order valence-electron chi connectivity index (χ3n) is 10.6. The number of nitrogens with zero attached hydrogens (tertiary/aromatic N) is 1. The Morgan fingerprint density at radius 3 is 1.81 bits per heavy atom. The molecule has 0 spiro atoms. The maximum atomic E-state index is 6.85. The largest absolute Gasteiger partial charge is 0.455 e. The zero-order chi connectivity index (χ0) is 34.4. The Morgan fingerprint density at radius 1 is 0.385 bits per heavy atom. The van der Waals surface area contributed by atoms with Gasteiger partial charge in [-0.1, -0.05) is 146 Å². The lowest BCUT2D eigenvalue weighted by molar-refractivity contribution is 0.674. The van der Waals surface area contributed by atoms with E-state index in [0.717, 1.165) is 57.1 Å². The first kappa shape index (κ1) is 30.2. The van der Waals surface area contributed by atoms with Crippen LogP contribution in [0.1, 0.15) is 18.4 Å². The Bertz CT molecular complexity index is 2820. The molecule has 0 atom stereocenters. The molecule has 0 radical (unpaired) electrons. The highest BCUT2D eigenvalue weighted by molar-refractivity contribution is 6.19. The average Bonchev–Trinajstić information content (AvgIpc) is 3.61. The van der Waals surface area contributed by atoms with Crippen LogP contribution < -0.4 is 4.90 Å². The van der Waals surface area contributed by atoms with Gasteiger partial charge in [0.05, 0.1) is 0 Å². The van der Waals surface area contributed by atoms with Crippen LogP contribution in [0.3, 0.4) is 0 Å². The van der Waals surface area contributed by atoms with Crippen LogP contribution in [-0.4, -0.2) is 0 Å². The first-order valence-electron chi connectivity index (χ1n) is 18.1. The van der Waals surface area contributed by atoms with Gasteiger partial charge < -0.3 is 9.32 Å². The van der Waals surface area contributed by atoms with E-state index in [1.165, 1.54) is 49.7 Å². The summed E-state index contributed by atoms with van der Waals surface area (Å²) in [5.74, 6) is 0. The summed E-state index contributed by atoms with van der Waals surface area (Å²) in [7, 11) is 0. The van der Waals surface area contributed by atoms with E-state index in [1.807, 2.05) is 0 Å². The Morgan fingerprint density at radius 2 is 1.02 bits per heavy atom. The fraction of sp³-hybridized carbons (Fsp3) is 0.0400. The molecule has 0 amide bonds. The van der Waals surface area contributed by atoms with Crippen molar-refractivity contribution in [1.82, 2.24) is 0 Å². The molecule has 0 N–H and O–H groups in total. The predicted octanol–water partition coefficient (Wildman–Crippen LogP) is 14.1. The van der Waals surface area contributed by atoms with Gasteiger partial charge in [0, 0.05) is 38.8 Å². The van der Waals surface area contributed by atoms with Crippen LogP contribution in [0.2, 0.25) is 0 Å². The van der Waals surface area contributed by atoms with Crippen molar-refractivity contribution in [2.24, 2.45) is 0 Å². The molecule has 9 aromatic rings. The minimum atomic E-state index is 0.922. The van der Waals surface area contributed by atoms with E-state index in [0.29, 0.717) is 0 Å². The molecule has 2 nitrogen and oxygen atoms in total. The molecule has 0 saturated carbocycles. The smallest absolute Gasteiger partial charge is 0.143 e. The summed E-state index contributed by atoms with van der Waals surface area (Å²) in [6.07, 6.45) is 6.52. The van der Waals surface area contributed by atoms with E-state index in [4.69, 9.17) is 4.42 Å². The van der Waals surface area contributed by atoms with Crippen molar-refractivity contribution in [3.05, 3.63) is 199 Å². The zero-order valence-electron chi connectivity index (χ0n) is 28.7. The summed E-state index contributed by atoms with van der Waals surface area (Å²) in [6, 6.07) is 63.1. The quantitative estimate of drug-likeness (QED) is 0.176. The van der Waals surface area contributed by atoms with E-state index in [-0.39, 0.29) is 0 Å². The molecule has 0 bridgehead atoms. The molecule has 0 aliphatic heterocycles. The molecular weight excluding hydrogens is 631 g/mol. The summed E-state index contributed by atoms with van der Waals surface area (Å²) in [4.78, 5) is 2.40. The van der Waals surface area contributed by atoms with Gasteiger partial charge in [0.2, 0.25) is 0 Å². The molecule has 0 unspecified atom stereocenters. The van der Waals surface area contributed by atoms with E-state index in [9.17, 15) is 0 Å². The van der Waals surface area contributed by atoms with Gasteiger partial charge in [0.25, 0.3) is 0 Å². The normalized spacial score (nSPS) is 13.1. The van der Waals surface area contributed by atoms with Crippen LogP contribution in [-0.2, 0) is 0 Å². The second-order valence-electron chi connectivity index (χ2n) is 13.6. The number of allylic oxidation sites excluding steroid dienone is 4. The molecule has 0 fully saturated rings. The summed E-state index contributed by atoms with van der Waals surface area (Å²) in [5.41, 5.74) is 12.8. The van der Waals surface area contributed by atoms with Gasteiger partial charge in [0.1, 0.15) is 11.2 Å². The standard InChI is InChI=1S/C50H35NO/c1-3-12-34(13-4-1)36-24-28-41(29-25-36)51(40-16-5-2-6-17-40)42-30-26-37(27-31-42)47-33-48-46-21-11-20-43(39-23-22-35-14-7-8-15-38(35)32-39)49(46)52-50(48)45-19-10-9-18-44(45)47/h1-26,28-30,32-33H,27,31H2. The van der Waals surface area contributed by atoms with Crippen LogP contribution in [0.25, 0.3) is 71.3 Å². The SMILES string of the molecule is C1=C(c2cc3c4cccc(-c5ccc6ccccc6c5)c4oc3c3ccccc23)CCC(N(c2ccccc2)c2ccc(-c3ccccc3)cc2)=C1. The number of fused-ring (bicyclic) bond motifs is 6. The van der Waals surface area contributed by atoms with Gasteiger partial charge in [-0.15, -0.1) is 0 Å². The van der Waals surface area contributed by atoms with E-state index in [1.54, 1.807) is 0 Å². The summed E-state index contributed by atoms with van der Waals surface area (Å²) >= 11 is 0. The maximum Gasteiger partial charge on any atom is 0.143 e. The lowest BCUT2D eigenvalue weighted by atomic mass is 9.89. The fourth-order valence-corrected chi connectivity index (χ4v) is 8.00. The van der Waals surface area contributed by atoms with Gasteiger partial charge in [-0.25, -0.2) is 0 Å². The monoisotopic (exact) mass is 665 g/mol. The van der Waals surface area contributed by atoms with Crippen LogP contribution >= 0.6 is 0 Å². The molecule has 10 rings (SSSR count). The van der Waals surface area contributed by atoms with E-state index < -0.39 is 0 Å². The van der Waals surface area contributed by atoms with Crippen molar-refractivity contribution in [3.8, 4) is 22.3 Å². The van der Waals surface area contributed by atoms with Gasteiger partial charge in [-0.3, -0.25) is 0 Å². The number of rotatable bonds is 6. The highest BCUT2D eigenvalue weighted by atomic mass is 16.3. The Labute approximate surface area is 303 Å². The second kappa shape index (κ2) is 12.6. The van der Waals surface area contributed by atoms with Crippen LogP contribution in [0.15, 0.2) is 198 Å². The van der Waals surface area contributed by atoms with Crippen molar-refractivity contribution >= 4 is 60.4 Å². The Hall–Kier alpha value is -6.64. The number of anilines is 2. The zero-order valence-corrected chi connectivity index (χ0v) is 28.7. The van der Waals surface area contributed by atoms with Crippen molar-refractivity contribution in [2.75, 3.05) is 4.90 Å². The molecule has 8 aromatic carbocycles. The number of para-hydroxylation sites is 2. The Kier molecular flexibility index (Phi) is 7.32. The molecule has 1 aromatic heterocycles. The van der Waals surface area contributed by atoms with E-state index >= 15 is 0 Å². The number of hydrogen-bond acceptors (Lipinski definition) is 2. The summed E-state index contributed by atoms with van der Waals surface area (Å²) < 4.78 is 6.85. The molecule has 52 heavy (non-hydrogen) atoms. The predicted molar refractivity (Wildman–Crippen MR) is 220 cm³/mol. The van der Waals surface area contributed by atoms with E-state index in [2.05, 4.69) is 193 Å². The highest BCUT2D eigenvalue weighted by Gasteiger charge is 2.22. The minimum Gasteiger partial charge on any atom is -0.455 e. The molecular formula is C50H35NO. The van der Waals surface area contributed by atoms with Gasteiger partial charge in [-0.05, 0) is 99.3 Å². The second-order valence-corrected chi connectivity index (χ2v) is 13.6. The summed E-state index contributed by atoms with van der Waals surface area (Å²) in [6.45, 7) is 0. The lowest BCUT2D eigenvalue weighted by Gasteiger charge is -2.30. The molecule has 1 heterocycles. The van der Waals surface area contributed by atoms with Gasteiger partial charge in [-0.2, -0.15) is 0 Å². The lowest BCUT2D eigenvalue weighted by Crippen LogP contribution is -2.17. The number of furan rings is 1. The van der Waals surface area contributed by atoms with Crippen LogP contribution in [0.5, 0.6) is 0 Å². The Balaban J connectivity index is 1.08. The summed E-state index contributed by atoms with van der Waals surface area (Å²) in [5, 5.41) is 7.15. The van der Waals surface area contributed by atoms with Crippen LogP contribution in [0.4, 0.5) is 11.4 Å². The topological polar surface area (TPSA) is 16.4 Å². The average molecular weight is 666 g/mol. The molecule has 1 aliphatic carbocycles. The van der Waals surface area contributed by atoms with Gasteiger partial charge in [0.15, 0.2) is 0 Å². The third kappa shape index (κ3) is 5.20. The molecule has 1 aliphatic rings. The first-order chi connectivity index (χ1) is 25.8. The van der Waals surface area contributed by atoms with Crippen molar-refractivity contribution in [2.45, 2.75) is 12.8 Å². The first-order valence-corrected chi connectivity index (χ1v) is 18.1. The number of benzene rings is 8. The minimum absolute atomic E-state index is 0.922. The number of hydrogen-bond donors (Lipinski definition) is 0. The molecule has 0 saturated heterocycles. The maximum absolute atomic E-state index is 6.85. The van der Waals surface area contributed by atoms with Crippen LogP contribution in [0, 0.1) is 0 Å². The third-order valence-corrected chi connectivity index (χ3v) is 10.6. The highest BCUT2D eigenvalue weighted by Crippen LogP contribution is 2.44. The molecule has 246 valence electrons. The van der Waals surface area contributed by atoms with Gasteiger partial charge >= 0.3 is 0 Å². The van der Waals surface area contributed by atoms with Crippen molar-refractivity contribution in [1.29, 1.82) is 0 Å². The fourth-order valence-electron chi connectivity index (χ4n) is 8.00. The van der Waals surface area contributed by atoms with Crippen molar-refractivity contribution in [3.63, 3.8) is 0 Å².